The minimum absolute atomic E-state index is 0.127. The van der Waals surface area contributed by atoms with Crippen LogP contribution >= 0.6 is 11.3 Å². The van der Waals surface area contributed by atoms with Crippen molar-refractivity contribution in [2.24, 2.45) is 0 Å². The Bertz CT molecular complexity index is 541. The van der Waals surface area contributed by atoms with Gasteiger partial charge in [0, 0.05) is 36.8 Å². The second-order valence-electron chi connectivity index (χ2n) is 4.86. The van der Waals surface area contributed by atoms with Crippen molar-refractivity contribution in [2.45, 2.75) is 25.5 Å². The lowest BCUT2D eigenvalue weighted by Crippen LogP contribution is -2.37. The van der Waals surface area contributed by atoms with Crippen molar-refractivity contribution in [3.05, 3.63) is 40.7 Å². The number of likely N-dealkylation sites (tertiary alicyclic amines) is 1. The first-order valence-corrected chi connectivity index (χ1v) is 7.56. The number of hydrogen-bond acceptors (Lipinski definition) is 5. The van der Waals surface area contributed by atoms with E-state index in [0.29, 0.717) is 5.88 Å². The van der Waals surface area contributed by atoms with Crippen LogP contribution in [0.5, 0.6) is 5.88 Å². The van der Waals surface area contributed by atoms with E-state index >= 15 is 0 Å². The fraction of sp³-hybridized carbons (Fsp3) is 0.429. The first-order valence-electron chi connectivity index (χ1n) is 6.68. The molecule has 0 unspecified atom stereocenters. The monoisotopic (exact) mass is 293 g/mol. The molecule has 0 spiro atoms. The molecule has 0 atom stereocenters. The van der Waals surface area contributed by atoms with Crippen LogP contribution < -0.4 is 4.74 Å². The molecule has 2 aromatic rings. The van der Waals surface area contributed by atoms with Gasteiger partial charge in [0.1, 0.15) is 6.10 Å². The molecule has 0 aliphatic carbocycles. The molecule has 0 amide bonds. The van der Waals surface area contributed by atoms with Gasteiger partial charge in [-0.15, -0.1) is 11.3 Å². The molecular formula is C14H16FN3OS. The van der Waals surface area contributed by atoms with Gasteiger partial charge in [-0.1, -0.05) is 6.07 Å². The smallest absolute Gasteiger partial charge is 0.216 e. The van der Waals surface area contributed by atoms with Crippen LogP contribution in [0, 0.1) is 5.95 Å². The summed E-state index contributed by atoms with van der Waals surface area (Å²) in [4.78, 5) is 11.5. The summed E-state index contributed by atoms with van der Waals surface area (Å²) in [5, 5.41) is 0. The minimum atomic E-state index is -0.495. The maximum absolute atomic E-state index is 13.0. The number of thiazole rings is 1. The topological polar surface area (TPSA) is 38.2 Å². The van der Waals surface area contributed by atoms with Gasteiger partial charge in [0.25, 0.3) is 0 Å². The average Bonchev–Trinajstić information content (AvgIpc) is 2.94. The van der Waals surface area contributed by atoms with E-state index in [-0.39, 0.29) is 6.10 Å². The molecule has 3 heterocycles. The highest BCUT2D eigenvalue weighted by Gasteiger charge is 2.21. The summed E-state index contributed by atoms with van der Waals surface area (Å²) in [6, 6.07) is 4.65. The van der Waals surface area contributed by atoms with Gasteiger partial charge < -0.3 is 4.74 Å². The van der Waals surface area contributed by atoms with Crippen molar-refractivity contribution >= 4 is 11.3 Å². The second-order valence-corrected chi connectivity index (χ2v) is 5.83. The van der Waals surface area contributed by atoms with Gasteiger partial charge in [-0.05, 0) is 18.9 Å². The van der Waals surface area contributed by atoms with Gasteiger partial charge in [-0.2, -0.15) is 9.37 Å². The number of rotatable bonds is 4. The average molecular weight is 293 g/mol. The van der Waals surface area contributed by atoms with E-state index in [0.717, 1.165) is 32.5 Å². The maximum atomic E-state index is 13.0. The Labute approximate surface area is 121 Å². The lowest BCUT2D eigenvalue weighted by molar-refractivity contribution is 0.0930. The van der Waals surface area contributed by atoms with Crippen molar-refractivity contribution in [2.75, 3.05) is 13.1 Å². The SMILES string of the molecule is Fc1cccc(OC2CCN(Cc3cncs3)CC2)n1. The Morgan fingerprint density at radius 1 is 1.35 bits per heavy atom. The van der Waals surface area contributed by atoms with Crippen LogP contribution in [0.1, 0.15) is 17.7 Å². The molecule has 0 bridgehead atoms. The fourth-order valence-electron chi connectivity index (χ4n) is 2.35. The predicted molar refractivity (Wildman–Crippen MR) is 75.2 cm³/mol. The van der Waals surface area contributed by atoms with E-state index in [1.165, 1.54) is 10.9 Å². The standard InChI is InChI=1S/C14H16FN3OS/c15-13-2-1-3-14(17-13)19-11-4-6-18(7-5-11)9-12-8-16-10-20-12/h1-3,8,10-11H,4-7,9H2. The fourth-order valence-corrected chi connectivity index (χ4v) is 2.99. The third-order valence-corrected chi connectivity index (χ3v) is 4.14. The summed E-state index contributed by atoms with van der Waals surface area (Å²) in [6.07, 6.45) is 3.93. The van der Waals surface area contributed by atoms with Crippen molar-refractivity contribution < 1.29 is 9.13 Å². The molecule has 3 rings (SSSR count). The van der Waals surface area contributed by atoms with E-state index in [1.807, 2.05) is 11.7 Å². The zero-order valence-corrected chi connectivity index (χ0v) is 11.9. The van der Waals surface area contributed by atoms with Gasteiger partial charge in [0.05, 0.1) is 5.51 Å². The molecule has 1 aliphatic rings. The van der Waals surface area contributed by atoms with E-state index < -0.39 is 5.95 Å². The third-order valence-electron chi connectivity index (χ3n) is 3.37. The van der Waals surface area contributed by atoms with E-state index in [2.05, 4.69) is 14.9 Å². The van der Waals surface area contributed by atoms with Crippen LogP contribution in [0.15, 0.2) is 29.9 Å². The molecular weight excluding hydrogens is 277 g/mol. The molecule has 20 heavy (non-hydrogen) atoms. The quantitative estimate of drug-likeness (QED) is 0.812. The molecule has 0 saturated carbocycles. The molecule has 4 nitrogen and oxygen atoms in total. The Balaban J connectivity index is 1.48. The number of hydrogen-bond donors (Lipinski definition) is 0. The number of pyridine rings is 1. The maximum Gasteiger partial charge on any atom is 0.216 e. The van der Waals surface area contributed by atoms with E-state index in [1.54, 1.807) is 23.5 Å². The second kappa shape index (κ2) is 6.28. The van der Waals surface area contributed by atoms with E-state index in [9.17, 15) is 4.39 Å². The van der Waals surface area contributed by atoms with Crippen LogP contribution in [0.25, 0.3) is 0 Å². The molecule has 2 aromatic heterocycles. The first kappa shape index (κ1) is 13.5. The number of ether oxygens (including phenoxy) is 1. The summed E-state index contributed by atoms with van der Waals surface area (Å²) in [7, 11) is 0. The van der Waals surface area contributed by atoms with Crippen LogP contribution in [-0.2, 0) is 6.54 Å². The van der Waals surface area contributed by atoms with Gasteiger partial charge in [-0.25, -0.2) is 0 Å². The number of halogens is 1. The zero-order chi connectivity index (χ0) is 13.8. The summed E-state index contributed by atoms with van der Waals surface area (Å²) in [5.41, 5.74) is 1.86. The Kier molecular flexibility index (Phi) is 4.22. The number of piperidine rings is 1. The highest BCUT2D eigenvalue weighted by atomic mass is 32.1. The van der Waals surface area contributed by atoms with Crippen molar-refractivity contribution in [3.63, 3.8) is 0 Å². The van der Waals surface area contributed by atoms with Crippen LogP contribution in [0.3, 0.4) is 0 Å². The molecule has 1 fully saturated rings. The van der Waals surface area contributed by atoms with Gasteiger partial charge in [0.15, 0.2) is 0 Å². The third kappa shape index (κ3) is 3.52. The lowest BCUT2D eigenvalue weighted by atomic mass is 10.1. The molecule has 0 aromatic carbocycles. The van der Waals surface area contributed by atoms with Crippen LogP contribution in [-0.4, -0.2) is 34.1 Å². The molecule has 6 heteroatoms. The number of aromatic nitrogens is 2. The molecule has 106 valence electrons. The molecule has 0 N–H and O–H groups in total. The number of nitrogens with zero attached hydrogens (tertiary/aromatic N) is 3. The van der Waals surface area contributed by atoms with Crippen molar-refractivity contribution in [1.29, 1.82) is 0 Å². The normalized spacial score (nSPS) is 17.2. The van der Waals surface area contributed by atoms with Gasteiger partial charge in [-0.3, -0.25) is 9.88 Å². The van der Waals surface area contributed by atoms with Gasteiger partial charge >= 0.3 is 0 Å². The summed E-state index contributed by atoms with van der Waals surface area (Å²) < 4.78 is 18.7. The molecule has 1 aliphatic heterocycles. The summed E-state index contributed by atoms with van der Waals surface area (Å²) >= 11 is 1.69. The Morgan fingerprint density at radius 3 is 2.90 bits per heavy atom. The summed E-state index contributed by atoms with van der Waals surface area (Å²) in [5.74, 6) is -0.115. The lowest BCUT2D eigenvalue weighted by Gasteiger charge is -2.31. The van der Waals surface area contributed by atoms with Gasteiger partial charge in [0.2, 0.25) is 11.8 Å². The highest BCUT2D eigenvalue weighted by Crippen LogP contribution is 2.19. The first-order chi connectivity index (χ1) is 9.79. The Hall–Kier alpha value is -1.53. The predicted octanol–water partition coefficient (Wildman–Crippen LogP) is 2.72. The Morgan fingerprint density at radius 2 is 2.20 bits per heavy atom. The largest absolute Gasteiger partial charge is 0.474 e. The zero-order valence-electron chi connectivity index (χ0n) is 11.0. The van der Waals surface area contributed by atoms with Crippen LogP contribution in [0.4, 0.5) is 4.39 Å². The minimum Gasteiger partial charge on any atom is -0.474 e. The van der Waals surface area contributed by atoms with Crippen molar-refractivity contribution in [1.82, 2.24) is 14.9 Å². The highest BCUT2D eigenvalue weighted by molar-refractivity contribution is 7.09. The van der Waals surface area contributed by atoms with Crippen LogP contribution in [0.2, 0.25) is 0 Å². The van der Waals surface area contributed by atoms with E-state index in [4.69, 9.17) is 4.74 Å². The molecule has 1 saturated heterocycles. The molecule has 0 radical (unpaired) electrons. The summed E-state index contributed by atoms with van der Waals surface area (Å²) in [6.45, 7) is 2.92. The van der Waals surface area contributed by atoms with Crippen molar-refractivity contribution in [3.8, 4) is 5.88 Å².